The van der Waals surface area contributed by atoms with Crippen LogP contribution in [0.1, 0.15) is 64.2 Å². The lowest BCUT2D eigenvalue weighted by Crippen LogP contribution is -2.47. The van der Waals surface area contributed by atoms with Crippen molar-refractivity contribution in [3.8, 4) is 0 Å². The van der Waals surface area contributed by atoms with Gasteiger partial charge in [-0.1, -0.05) is 32.1 Å². The number of hydrogen-bond donors (Lipinski definition) is 2. The van der Waals surface area contributed by atoms with E-state index in [0.29, 0.717) is 12.1 Å². The highest BCUT2D eigenvalue weighted by Crippen LogP contribution is 2.33. The molecule has 0 aromatic heterocycles. The van der Waals surface area contributed by atoms with Gasteiger partial charge in [0.25, 0.3) is 0 Å². The summed E-state index contributed by atoms with van der Waals surface area (Å²) in [4.78, 5) is 12.3. The molecule has 0 bridgehead atoms. The Morgan fingerprint density at radius 2 is 1.67 bits per heavy atom. The van der Waals surface area contributed by atoms with E-state index in [0.717, 1.165) is 12.3 Å². The van der Waals surface area contributed by atoms with E-state index in [4.69, 9.17) is 0 Å². The second-order valence-electron chi connectivity index (χ2n) is 6.45. The second-order valence-corrected chi connectivity index (χ2v) is 6.45. The molecule has 3 rings (SSSR count). The summed E-state index contributed by atoms with van der Waals surface area (Å²) in [6.45, 7) is 0. The first-order valence-corrected chi connectivity index (χ1v) is 7.89. The summed E-state index contributed by atoms with van der Waals surface area (Å²) in [5, 5.41) is 6.84. The van der Waals surface area contributed by atoms with Crippen LogP contribution in [0.4, 0.5) is 0 Å². The van der Waals surface area contributed by atoms with Gasteiger partial charge >= 0.3 is 0 Å². The van der Waals surface area contributed by atoms with Gasteiger partial charge in [-0.15, -0.1) is 0 Å². The van der Waals surface area contributed by atoms with E-state index >= 15 is 0 Å². The van der Waals surface area contributed by atoms with Crippen LogP contribution in [0.25, 0.3) is 0 Å². The lowest BCUT2D eigenvalue weighted by Gasteiger charge is -2.25. The quantitative estimate of drug-likeness (QED) is 0.790. The third-order valence-corrected chi connectivity index (χ3v) is 5.13. The summed E-state index contributed by atoms with van der Waals surface area (Å²) < 4.78 is 0. The summed E-state index contributed by atoms with van der Waals surface area (Å²) in [6, 6.07) is 1.18. The molecular formula is C15H26N2O. The molecule has 3 unspecified atom stereocenters. The first-order valence-electron chi connectivity index (χ1n) is 7.89. The highest BCUT2D eigenvalue weighted by Gasteiger charge is 2.38. The van der Waals surface area contributed by atoms with Gasteiger partial charge in [-0.2, -0.15) is 0 Å². The van der Waals surface area contributed by atoms with E-state index in [9.17, 15) is 4.79 Å². The van der Waals surface area contributed by atoms with Gasteiger partial charge in [-0.05, 0) is 38.0 Å². The number of rotatable bonds is 2. The maximum atomic E-state index is 12.3. The number of nitrogens with one attached hydrogen (secondary N) is 2. The van der Waals surface area contributed by atoms with E-state index in [2.05, 4.69) is 10.6 Å². The van der Waals surface area contributed by atoms with Crippen LogP contribution in [0, 0.1) is 5.92 Å². The van der Waals surface area contributed by atoms with Crippen molar-refractivity contribution in [3.63, 3.8) is 0 Å². The van der Waals surface area contributed by atoms with Crippen molar-refractivity contribution >= 4 is 5.91 Å². The summed E-state index contributed by atoms with van der Waals surface area (Å²) in [5.41, 5.74) is 0. The molecule has 0 aromatic carbocycles. The van der Waals surface area contributed by atoms with Crippen LogP contribution in [0.15, 0.2) is 0 Å². The van der Waals surface area contributed by atoms with E-state index in [1.54, 1.807) is 0 Å². The lowest BCUT2D eigenvalue weighted by atomic mass is 9.85. The monoisotopic (exact) mass is 250 g/mol. The minimum absolute atomic E-state index is 0.0972. The number of hydrogen-bond acceptors (Lipinski definition) is 2. The normalized spacial score (nSPS) is 37.2. The number of fused-ring (bicyclic) bond motifs is 1. The van der Waals surface area contributed by atoms with Crippen molar-refractivity contribution in [2.45, 2.75) is 82.3 Å². The highest BCUT2D eigenvalue weighted by atomic mass is 16.2. The molecule has 3 heteroatoms. The van der Waals surface area contributed by atoms with Crippen molar-refractivity contribution in [1.29, 1.82) is 0 Å². The van der Waals surface area contributed by atoms with Crippen LogP contribution >= 0.6 is 0 Å². The molecule has 1 heterocycles. The molecule has 18 heavy (non-hydrogen) atoms. The maximum absolute atomic E-state index is 12.3. The SMILES string of the molecule is O=C(NC1CCCCC1)C1CC2CCCCC2N1. The van der Waals surface area contributed by atoms with Gasteiger partial charge in [-0.3, -0.25) is 4.79 Å². The molecule has 3 fully saturated rings. The van der Waals surface area contributed by atoms with Crippen molar-refractivity contribution < 1.29 is 4.79 Å². The van der Waals surface area contributed by atoms with Crippen molar-refractivity contribution in [3.05, 3.63) is 0 Å². The Morgan fingerprint density at radius 1 is 0.944 bits per heavy atom. The summed E-state index contributed by atoms with van der Waals surface area (Å²) in [5.74, 6) is 1.04. The lowest BCUT2D eigenvalue weighted by molar-refractivity contribution is -0.123. The van der Waals surface area contributed by atoms with Crippen LogP contribution in [0.5, 0.6) is 0 Å². The average molecular weight is 250 g/mol. The molecule has 0 spiro atoms. The molecular weight excluding hydrogens is 224 g/mol. The summed E-state index contributed by atoms with van der Waals surface area (Å²) in [6.07, 6.45) is 12.7. The number of amides is 1. The first kappa shape index (κ1) is 12.5. The van der Waals surface area contributed by atoms with E-state index in [1.165, 1.54) is 57.8 Å². The van der Waals surface area contributed by atoms with Crippen molar-refractivity contribution in [2.75, 3.05) is 0 Å². The zero-order valence-electron chi connectivity index (χ0n) is 11.3. The summed E-state index contributed by atoms with van der Waals surface area (Å²) in [7, 11) is 0. The molecule has 1 aliphatic heterocycles. The van der Waals surface area contributed by atoms with E-state index in [1.807, 2.05) is 0 Å². The fourth-order valence-electron chi connectivity index (χ4n) is 4.07. The molecule has 1 amide bonds. The van der Waals surface area contributed by atoms with Gasteiger partial charge in [0.1, 0.15) is 0 Å². The molecule has 102 valence electrons. The number of carbonyl (C=O) groups is 1. The fourth-order valence-corrected chi connectivity index (χ4v) is 4.07. The molecule has 2 saturated carbocycles. The molecule has 1 saturated heterocycles. The first-order chi connectivity index (χ1) is 8.83. The van der Waals surface area contributed by atoms with Gasteiger partial charge in [0, 0.05) is 12.1 Å². The molecule has 2 N–H and O–H groups in total. The van der Waals surface area contributed by atoms with Crippen LogP contribution in [-0.4, -0.2) is 24.0 Å². The van der Waals surface area contributed by atoms with E-state index < -0.39 is 0 Å². The Hall–Kier alpha value is -0.570. The van der Waals surface area contributed by atoms with E-state index in [-0.39, 0.29) is 11.9 Å². The van der Waals surface area contributed by atoms with Crippen LogP contribution in [0.3, 0.4) is 0 Å². The summed E-state index contributed by atoms with van der Waals surface area (Å²) >= 11 is 0. The van der Waals surface area contributed by atoms with Gasteiger partial charge in [0.15, 0.2) is 0 Å². The molecule has 0 radical (unpaired) electrons. The van der Waals surface area contributed by atoms with Gasteiger partial charge in [-0.25, -0.2) is 0 Å². The molecule has 3 nitrogen and oxygen atoms in total. The Bertz CT molecular complexity index is 285. The zero-order valence-corrected chi connectivity index (χ0v) is 11.3. The predicted octanol–water partition coefficient (Wildman–Crippen LogP) is 2.36. The minimum atomic E-state index is 0.0972. The molecule has 2 aliphatic carbocycles. The van der Waals surface area contributed by atoms with Crippen molar-refractivity contribution in [1.82, 2.24) is 10.6 Å². The zero-order chi connectivity index (χ0) is 12.4. The molecule has 0 aromatic rings. The van der Waals surface area contributed by atoms with Gasteiger partial charge in [0.05, 0.1) is 6.04 Å². The van der Waals surface area contributed by atoms with Crippen LogP contribution in [0.2, 0.25) is 0 Å². The second kappa shape index (κ2) is 5.60. The third-order valence-electron chi connectivity index (χ3n) is 5.13. The third kappa shape index (κ3) is 2.71. The standard InChI is InChI=1S/C15H26N2O/c18-15(16-12-7-2-1-3-8-12)14-10-11-6-4-5-9-13(11)17-14/h11-14,17H,1-10H2,(H,16,18). The average Bonchev–Trinajstić information content (AvgIpc) is 2.84. The van der Waals surface area contributed by atoms with Crippen molar-refractivity contribution in [2.24, 2.45) is 5.92 Å². The van der Waals surface area contributed by atoms with Crippen LogP contribution < -0.4 is 10.6 Å². The highest BCUT2D eigenvalue weighted by molar-refractivity contribution is 5.82. The number of carbonyl (C=O) groups excluding carboxylic acids is 1. The van der Waals surface area contributed by atoms with Gasteiger partial charge in [0.2, 0.25) is 5.91 Å². The van der Waals surface area contributed by atoms with Crippen LogP contribution in [-0.2, 0) is 4.79 Å². The molecule has 3 atom stereocenters. The smallest absolute Gasteiger partial charge is 0.237 e. The Morgan fingerprint density at radius 3 is 2.44 bits per heavy atom. The Balaban J connectivity index is 1.50. The van der Waals surface area contributed by atoms with Gasteiger partial charge < -0.3 is 10.6 Å². The predicted molar refractivity (Wildman–Crippen MR) is 72.3 cm³/mol. The Labute approximate surface area is 110 Å². The molecule has 3 aliphatic rings. The maximum Gasteiger partial charge on any atom is 0.237 e. The fraction of sp³-hybridized carbons (Fsp3) is 0.933. The largest absolute Gasteiger partial charge is 0.352 e. The Kier molecular flexibility index (Phi) is 3.88. The topological polar surface area (TPSA) is 41.1 Å². The minimum Gasteiger partial charge on any atom is -0.352 e.